The highest BCUT2D eigenvalue weighted by Gasteiger charge is 2.22. The van der Waals surface area contributed by atoms with Crippen molar-refractivity contribution in [3.05, 3.63) is 47.1 Å². The number of aromatic nitrogens is 2. The number of carbonyl (C=O) groups is 1. The van der Waals surface area contributed by atoms with Crippen molar-refractivity contribution in [3.8, 4) is 11.9 Å². The third-order valence-electron chi connectivity index (χ3n) is 3.94. The molecule has 2 aromatic rings. The van der Waals surface area contributed by atoms with Gasteiger partial charge in [0.1, 0.15) is 6.73 Å². The monoisotopic (exact) mass is 362 g/mol. The quantitative estimate of drug-likeness (QED) is 0.809. The van der Waals surface area contributed by atoms with Gasteiger partial charge >= 0.3 is 6.01 Å². The van der Waals surface area contributed by atoms with E-state index in [-0.39, 0.29) is 11.9 Å². The van der Waals surface area contributed by atoms with Crippen LogP contribution in [0.2, 0.25) is 5.02 Å². The maximum Gasteiger partial charge on any atom is 0.321 e. The number of piperazine rings is 1. The number of amides is 1. The summed E-state index contributed by atoms with van der Waals surface area (Å²) in [6.45, 7) is 3.11. The molecule has 1 amide bonds. The van der Waals surface area contributed by atoms with E-state index in [4.69, 9.17) is 21.1 Å². The largest absolute Gasteiger partial charge is 0.481 e. The molecular weight excluding hydrogens is 344 g/mol. The van der Waals surface area contributed by atoms with Gasteiger partial charge < -0.3 is 14.4 Å². The van der Waals surface area contributed by atoms with Crippen molar-refractivity contribution >= 4 is 17.5 Å². The molecule has 1 aromatic heterocycles. The molecular formula is C17H19ClN4O3. The molecule has 0 N–H and O–H groups in total. The minimum Gasteiger partial charge on any atom is -0.481 e. The number of benzene rings is 1. The lowest BCUT2D eigenvalue weighted by atomic mass is 10.2. The van der Waals surface area contributed by atoms with Crippen molar-refractivity contribution in [2.75, 3.05) is 40.0 Å². The number of nitrogens with zero attached hydrogens (tertiary/aromatic N) is 4. The highest BCUT2D eigenvalue weighted by molar-refractivity contribution is 6.30. The highest BCUT2D eigenvalue weighted by Crippen LogP contribution is 2.14. The first kappa shape index (κ1) is 17.4. The topological polar surface area (TPSA) is 67.8 Å². The molecule has 0 unspecified atom stereocenters. The Balaban J connectivity index is 1.48. The molecule has 25 heavy (non-hydrogen) atoms. The first-order valence-corrected chi connectivity index (χ1v) is 8.30. The number of hydrogen-bond acceptors (Lipinski definition) is 6. The zero-order valence-corrected chi connectivity index (χ0v) is 14.6. The van der Waals surface area contributed by atoms with Crippen molar-refractivity contribution in [1.82, 2.24) is 19.8 Å². The van der Waals surface area contributed by atoms with Gasteiger partial charge in [0.15, 0.2) is 0 Å². The normalized spacial score (nSPS) is 15.0. The van der Waals surface area contributed by atoms with E-state index in [0.29, 0.717) is 36.3 Å². The van der Waals surface area contributed by atoms with Gasteiger partial charge in [0.05, 0.1) is 7.11 Å². The van der Waals surface area contributed by atoms with E-state index in [0.717, 1.165) is 13.1 Å². The number of carbonyl (C=O) groups excluding carboxylic acids is 1. The molecule has 1 fully saturated rings. The predicted octanol–water partition coefficient (Wildman–Crippen LogP) is 1.93. The number of rotatable bonds is 5. The standard InChI is InChI=1S/C17H19ClN4O3/c1-24-15-6-7-19-17(20-15)25-12-21-8-10-22(11-9-21)16(23)13-2-4-14(18)5-3-13/h2-7H,8-12H2,1H3. The summed E-state index contributed by atoms with van der Waals surface area (Å²) in [7, 11) is 1.54. The van der Waals surface area contributed by atoms with Gasteiger partial charge in [-0.2, -0.15) is 4.98 Å². The van der Waals surface area contributed by atoms with Crippen molar-refractivity contribution in [2.45, 2.75) is 0 Å². The zero-order valence-electron chi connectivity index (χ0n) is 13.9. The predicted molar refractivity (Wildman–Crippen MR) is 93.0 cm³/mol. The third kappa shape index (κ3) is 4.58. The summed E-state index contributed by atoms with van der Waals surface area (Å²) in [4.78, 5) is 24.6. The molecule has 7 nitrogen and oxygen atoms in total. The van der Waals surface area contributed by atoms with Crippen LogP contribution in [0.15, 0.2) is 36.5 Å². The number of halogens is 1. The van der Waals surface area contributed by atoms with Crippen LogP contribution in [-0.2, 0) is 0 Å². The second-order valence-corrected chi connectivity index (χ2v) is 6.01. The number of hydrogen-bond donors (Lipinski definition) is 0. The molecule has 8 heteroatoms. The number of ether oxygens (including phenoxy) is 2. The third-order valence-corrected chi connectivity index (χ3v) is 4.20. The Morgan fingerprint density at radius 2 is 1.88 bits per heavy atom. The highest BCUT2D eigenvalue weighted by atomic mass is 35.5. The van der Waals surface area contributed by atoms with E-state index in [9.17, 15) is 4.79 Å². The smallest absolute Gasteiger partial charge is 0.321 e. The van der Waals surface area contributed by atoms with Crippen LogP contribution >= 0.6 is 11.6 Å². The van der Waals surface area contributed by atoms with E-state index in [2.05, 4.69) is 14.9 Å². The maximum absolute atomic E-state index is 12.5. The van der Waals surface area contributed by atoms with E-state index in [1.54, 1.807) is 43.6 Å². The molecule has 1 saturated heterocycles. The Kier molecular flexibility index (Phi) is 5.67. The summed E-state index contributed by atoms with van der Waals surface area (Å²) in [5.41, 5.74) is 0.652. The van der Waals surface area contributed by atoms with Crippen molar-refractivity contribution in [2.24, 2.45) is 0 Å². The SMILES string of the molecule is COc1ccnc(OCN2CCN(C(=O)c3ccc(Cl)cc3)CC2)n1. The Labute approximate surface area is 151 Å². The van der Waals surface area contributed by atoms with Crippen LogP contribution in [0.25, 0.3) is 0 Å². The lowest BCUT2D eigenvalue weighted by Gasteiger charge is -2.34. The van der Waals surface area contributed by atoms with Crippen LogP contribution in [0.1, 0.15) is 10.4 Å². The van der Waals surface area contributed by atoms with Gasteiger partial charge in [0.25, 0.3) is 5.91 Å². The van der Waals surface area contributed by atoms with Gasteiger partial charge in [-0.1, -0.05) is 11.6 Å². The van der Waals surface area contributed by atoms with Gasteiger partial charge in [0, 0.05) is 49.0 Å². The van der Waals surface area contributed by atoms with Gasteiger partial charge in [-0.05, 0) is 24.3 Å². The first-order valence-electron chi connectivity index (χ1n) is 7.93. The summed E-state index contributed by atoms with van der Waals surface area (Å²) in [5.74, 6) is 0.483. The lowest BCUT2D eigenvalue weighted by Crippen LogP contribution is -2.49. The molecule has 1 aromatic carbocycles. The maximum atomic E-state index is 12.5. The Bertz CT molecular complexity index is 718. The van der Waals surface area contributed by atoms with Crippen molar-refractivity contribution in [3.63, 3.8) is 0 Å². The van der Waals surface area contributed by atoms with E-state index >= 15 is 0 Å². The summed E-state index contributed by atoms with van der Waals surface area (Å²) in [6.07, 6.45) is 1.59. The molecule has 1 aliphatic rings. The van der Waals surface area contributed by atoms with Crippen LogP contribution in [0, 0.1) is 0 Å². The first-order chi connectivity index (χ1) is 12.2. The number of methoxy groups -OCH3 is 1. The van der Waals surface area contributed by atoms with Crippen LogP contribution in [0.4, 0.5) is 0 Å². The lowest BCUT2D eigenvalue weighted by molar-refractivity contribution is 0.0460. The Hall–Kier alpha value is -2.38. The fourth-order valence-corrected chi connectivity index (χ4v) is 2.64. The molecule has 132 valence electrons. The van der Waals surface area contributed by atoms with Gasteiger partial charge in [-0.3, -0.25) is 9.69 Å². The average Bonchev–Trinajstić information content (AvgIpc) is 2.67. The second kappa shape index (κ2) is 8.13. The molecule has 2 heterocycles. The molecule has 3 rings (SSSR count). The minimum absolute atomic E-state index is 0.0216. The molecule has 0 aliphatic carbocycles. The fraction of sp³-hybridized carbons (Fsp3) is 0.353. The molecule has 0 spiro atoms. The van der Waals surface area contributed by atoms with Gasteiger partial charge in [-0.15, -0.1) is 0 Å². The van der Waals surface area contributed by atoms with Crippen molar-refractivity contribution in [1.29, 1.82) is 0 Å². The molecule has 1 aliphatic heterocycles. The van der Waals surface area contributed by atoms with Gasteiger partial charge in [-0.25, -0.2) is 4.98 Å². The molecule has 0 radical (unpaired) electrons. The molecule has 0 saturated carbocycles. The van der Waals surface area contributed by atoms with Crippen LogP contribution in [0.3, 0.4) is 0 Å². The van der Waals surface area contributed by atoms with Crippen LogP contribution in [-0.4, -0.2) is 65.7 Å². The van der Waals surface area contributed by atoms with E-state index < -0.39 is 0 Å². The summed E-state index contributed by atoms with van der Waals surface area (Å²) < 4.78 is 10.6. The van der Waals surface area contributed by atoms with E-state index in [1.165, 1.54) is 0 Å². The van der Waals surface area contributed by atoms with Gasteiger partial charge in [0.2, 0.25) is 5.88 Å². The van der Waals surface area contributed by atoms with Crippen LogP contribution < -0.4 is 9.47 Å². The minimum atomic E-state index is 0.0216. The van der Waals surface area contributed by atoms with E-state index in [1.807, 2.05) is 4.90 Å². The average molecular weight is 363 g/mol. The summed E-state index contributed by atoms with van der Waals surface area (Å²) in [6, 6.07) is 8.90. The summed E-state index contributed by atoms with van der Waals surface area (Å²) in [5, 5.41) is 0.623. The molecule has 0 atom stereocenters. The summed E-state index contributed by atoms with van der Waals surface area (Å²) >= 11 is 5.86. The van der Waals surface area contributed by atoms with Crippen molar-refractivity contribution < 1.29 is 14.3 Å². The van der Waals surface area contributed by atoms with Crippen LogP contribution in [0.5, 0.6) is 11.9 Å². The fourth-order valence-electron chi connectivity index (χ4n) is 2.51. The second-order valence-electron chi connectivity index (χ2n) is 5.57. The zero-order chi connectivity index (χ0) is 17.6. The Morgan fingerprint density at radius 3 is 2.56 bits per heavy atom. The Morgan fingerprint density at radius 1 is 1.16 bits per heavy atom. The molecule has 0 bridgehead atoms.